The molecule has 3 aromatic rings. The van der Waals surface area contributed by atoms with Crippen molar-refractivity contribution >= 4 is 70.0 Å². The van der Waals surface area contributed by atoms with Crippen LogP contribution in [0.5, 0.6) is 0 Å². The quantitative estimate of drug-likeness (QED) is 0.0241. The van der Waals surface area contributed by atoms with Gasteiger partial charge in [-0.1, -0.05) is 72.8 Å². The maximum Gasteiger partial charge on any atom is 0.326 e. The fourth-order valence-corrected chi connectivity index (χ4v) is 7.56. The average Bonchev–Trinajstić information content (AvgIpc) is 3.77. The van der Waals surface area contributed by atoms with Crippen LogP contribution in [0.4, 0.5) is 0 Å². The summed E-state index contributed by atoms with van der Waals surface area (Å²) in [6.45, 7) is 0.461. The molecule has 1 saturated heterocycles. The molecule has 3 aromatic carbocycles. The summed E-state index contributed by atoms with van der Waals surface area (Å²) in [7, 11) is 0. The minimum Gasteiger partial charge on any atom is -0.480 e. The lowest BCUT2D eigenvalue weighted by Crippen LogP contribution is -2.59. The molecule has 15 N–H and O–H groups in total. The van der Waals surface area contributed by atoms with E-state index in [0.29, 0.717) is 17.5 Å². The molecule has 0 bridgehead atoms. The lowest BCUT2D eigenvalue weighted by molar-refractivity contribution is -0.143. The number of carbonyl (C=O) groups excluding carboxylic acids is 5. The normalized spacial score (nSPS) is 15.6. The van der Waals surface area contributed by atoms with Crippen LogP contribution >= 0.6 is 22.6 Å². The third-order valence-electron chi connectivity index (χ3n) is 10.5. The van der Waals surface area contributed by atoms with Crippen molar-refractivity contribution in [2.75, 3.05) is 19.6 Å². The third-order valence-corrected chi connectivity index (χ3v) is 11.2. The van der Waals surface area contributed by atoms with Gasteiger partial charge in [-0.2, -0.15) is 0 Å². The highest BCUT2D eigenvalue weighted by atomic mass is 125. The molecule has 1 aliphatic heterocycles. The van der Waals surface area contributed by atoms with Crippen molar-refractivity contribution in [1.82, 2.24) is 26.2 Å². The molecule has 344 valence electrons. The van der Waals surface area contributed by atoms with Gasteiger partial charge in [0.15, 0.2) is 11.9 Å². The van der Waals surface area contributed by atoms with Crippen LogP contribution in [-0.4, -0.2) is 113 Å². The van der Waals surface area contributed by atoms with Crippen molar-refractivity contribution in [3.8, 4) is 0 Å². The summed E-state index contributed by atoms with van der Waals surface area (Å²) in [5.41, 5.74) is 30.6. The molecular formula is C44H59IN12O7. The van der Waals surface area contributed by atoms with Crippen LogP contribution in [0.1, 0.15) is 55.2 Å². The van der Waals surface area contributed by atoms with Gasteiger partial charge in [0.2, 0.25) is 29.5 Å². The second-order valence-corrected chi connectivity index (χ2v) is 16.7. The summed E-state index contributed by atoms with van der Waals surface area (Å²) in [6.07, 6.45) is 1.63. The van der Waals surface area contributed by atoms with Gasteiger partial charge in [-0.15, -0.1) is 0 Å². The second kappa shape index (κ2) is 25.7. The Bertz CT molecular complexity index is 2080. The van der Waals surface area contributed by atoms with E-state index in [1.165, 1.54) is 4.90 Å². The molecular weight excluding hydrogens is 933 g/mol. The van der Waals surface area contributed by atoms with Crippen LogP contribution in [-0.2, 0) is 48.0 Å². The molecule has 0 unspecified atom stereocenters. The van der Waals surface area contributed by atoms with Crippen molar-refractivity contribution in [1.29, 1.82) is 0 Å². The first-order valence-electron chi connectivity index (χ1n) is 21.0. The molecule has 0 spiro atoms. The Morgan fingerprint density at radius 2 is 1.12 bits per heavy atom. The number of carboxylic acid groups (broad SMARTS) is 1. The molecule has 0 saturated carbocycles. The summed E-state index contributed by atoms with van der Waals surface area (Å²) >= 11 is 2.17. The van der Waals surface area contributed by atoms with Gasteiger partial charge in [-0.25, -0.2) is 4.79 Å². The number of rotatable bonds is 24. The Balaban J connectivity index is 1.54. The van der Waals surface area contributed by atoms with Gasteiger partial charge in [-0.3, -0.25) is 34.0 Å². The predicted molar refractivity (Wildman–Crippen MR) is 251 cm³/mol. The molecule has 20 heteroatoms. The highest BCUT2D eigenvalue weighted by molar-refractivity contribution is 14.1. The van der Waals surface area contributed by atoms with E-state index < -0.39 is 71.8 Å². The highest BCUT2D eigenvalue weighted by Crippen LogP contribution is 2.21. The largest absolute Gasteiger partial charge is 0.480 e. The van der Waals surface area contributed by atoms with Crippen LogP contribution in [0.15, 0.2) is 94.9 Å². The van der Waals surface area contributed by atoms with E-state index in [0.717, 1.165) is 9.13 Å². The Hall–Kier alpha value is -6.29. The molecule has 19 nitrogen and oxygen atoms in total. The van der Waals surface area contributed by atoms with Crippen LogP contribution in [0.25, 0.3) is 0 Å². The number of amides is 5. The first kappa shape index (κ1) is 50.4. The van der Waals surface area contributed by atoms with Crippen molar-refractivity contribution in [3.05, 3.63) is 105 Å². The van der Waals surface area contributed by atoms with Crippen molar-refractivity contribution in [2.45, 2.75) is 94.0 Å². The predicted octanol–water partition coefficient (Wildman–Crippen LogP) is -0.232. The molecule has 6 atom stereocenters. The highest BCUT2D eigenvalue weighted by Gasteiger charge is 2.40. The van der Waals surface area contributed by atoms with E-state index in [1.807, 2.05) is 24.3 Å². The topological polar surface area (TPSA) is 329 Å². The monoisotopic (exact) mass is 992 g/mol. The third kappa shape index (κ3) is 16.8. The molecule has 64 heavy (non-hydrogen) atoms. The number of nitrogens with two attached hydrogens (primary N) is 5. The van der Waals surface area contributed by atoms with Crippen molar-refractivity contribution in [3.63, 3.8) is 0 Å². The Morgan fingerprint density at radius 1 is 0.641 bits per heavy atom. The number of hydrogen-bond acceptors (Lipinski definition) is 9. The number of halogens is 1. The maximum absolute atomic E-state index is 14.5. The lowest BCUT2D eigenvalue weighted by Gasteiger charge is -2.31. The number of guanidine groups is 2. The molecule has 1 fully saturated rings. The fourth-order valence-electron chi connectivity index (χ4n) is 7.20. The average molecular weight is 993 g/mol. The van der Waals surface area contributed by atoms with E-state index in [2.05, 4.69) is 53.8 Å². The fraction of sp³-hybridized carbons (Fsp3) is 0.409. The van der Waals surface area contributed by atoms with E-state index >= 15 is 0 Å². The van der Waals surface area contributed by atoms with Crippen LogP contribution in [0.2, 0.25) is 0 Å². The van der Waals surface area contributed by atoms with E-state index in [9.17, 15) is 33.9 Å². The lowest BCUT2D eigenvalue weighted by atomic mass is 10.0. The molecule has 1 aliphatic rings. The standard InChI is InChI=1S/C44H59IN12O7/c45-30-19-17-29(18-20-30)24-31(46)37(58)53-32(14-7-21-51-43(47)48)38(59)54-33(15-8-22-52-44(49)50)41(62)57-23-9-16-36(57)40(61)55-34(25-27-10-3-1-4-11-27)39(60)56-35(42(63)64)26-28-12-5-2-6-13-28/h1-6,10-13,17-20,31-36H,7-9,14-16,21-26,46H2,(H,53,58)(H,54,59)(H,55,61)(H,56,60)(H,63,64)(H4,47,48,51)(H4,49,50,52)/t31-,32-,33-,34-,35-,36-/m1/s1/i45-2. The second-order valence-electron chi connectivity index (χ2n) is 15.5. The molecule has 5 amide bonds. The number of carbonyl (C=O) groups is 6. The number of hydrogen-bond donors (Lipinski definition) is 10. The van der Waals surface area contributed by atoms with Gasteiger partial charge in [-0.05, 0) is 96.4 Å². The summed E-state index contributed by atoms with van der Waals surface area (Å²) in [6, 6.07) is 18.4. The van der Waals surface area contributed by atoms with Crippen molar-refractivity contribution in [2.24, 2.45) is 38.7 Å². The summed E-state index contributed by atoms with van der Waals surface area (Å²) in [4.78, 5) is 91.7. The molecule has 0 aromatic heterocycles. The molecule has 0 aliphatic carbocycles. The zero-order valence-corrected chi connectivity index (χ0v) is 37.7. The smallest absolute Gasteiger partial charge is 0.326 e. The van der Waals surface area contributed by atoms with Crippen LogP contribution < -0.4 is 49.9 Å². The molecule has 0 radical (unpaired) electrons. The Labute approximate surface area is 386 Å². The van der Waals surface area contributed by atoms with Crippen LogP contribution in [0.3, 0.4) is 0 Å². The number of likely N-dealkylation sites (tertiary alicyclic amines) is 1. The summed E-state index contributed by atoms with van der Waals surface area (Å²) in [5.74, 6) is -4.73. The minimum atomic E-state index is -1.29. The molecule has 1 heterocycles. The number of aliphatic imine (C=N–C) groups is 2. The molecule has 4 rings (SSSR count). The van der Waals surface area contributed by atoms with Gasteiger partial charge in [0, 0.05) is 36.0 Å². The first-order valence-corrected chi connectivity index (χ1v) is 22.1. The number of carboxylic acids is 1. The van der Waals surface area contributed by atoms with Gasteiger partial charge in [0.1, 0.15) is 30.2 Å². The zero-order valence-electron chi connectivity index (χ0n) is 35.5. The van der Waals surface area contributed by atoms with E-state index in [4.69, 9.17) is 28.7 Å². The number of nitrogens with one attached hydrogen (secondary N) is 4. The minimum absolute atomic E-state index is 0.00984. The van der Waals surface area contributed by atoms with Gasteiger partial charge < -0.3 is 59.9 Å². The number of benzene rings is 3. The Kier molecular flexibility index (Phi) is 20.2. The first-order chi connectivity index (χ1) is 30.6. The number of aliphatic carboxylic acids is 1. The van der Waals surface area contributed by atoms with E-state index in [1.54, 1.807) is 60.7 Å². The summed E-state index contributed by atoms with van der Waals surface area (Å²) in [5, 5.41) is 21.0. The van der Waals surface area contributed by atoms with Gasteiger partial charge in [0.05, 0.1) is 6.04 Å². The Morgan fingerprint density at radius 3 is 1.67 bits per heavy atom. The summed E-state index contributed by atoms with van der Waals surface area (Å²) < 4.78 is 1.01. The maximum atomic E-state index is 14.5. The van der Waals surface area contributed by atoms with Gasteiger partial charge >= 0.3 is 5.97 Å². The van der Waals surface area contributed by atoms with Gasteiger partial charge in [0.25, 0.3) is 0 Å². The number of nitrogens with zero attached hydrogens (tertiary/aromatic N) is 3. The van der Waals surface area contributed by atoms with E-state index in [-0.39, 0.29) is 82.9 Å². The zero-order chi connectivity index (χ0) is 46.6. The SMILES string of the molecule is NC(N)=NCCC[C@@H](NC(=O)[C@H](N)Cc1ccc([125I])cc1)C(=O)N[C@H](CCCN=C(N)N)C(=O)N1CCC[C@@H]1C(=O)N[C@H](Cc1ccccc1)C(=O)N[C@H](Cc1ccccc1)C(=O)O. The van der Waals surface area contributed by atoms with Crippen LogP contribution in [0, 0.1) is 3.57 Å². The van der Waals surface area contributed by atoms with Crippen molar-refractivity contribution < 1.29 is 33.9 Å².